The van der Waals surface area contributed by atoms with E-state index in [-0.39, 0.29) is 75.9 Å². The van der Waals surface area contributed by atoms with E-state index in [1.807, 2.05) is 30.3 Å². The predicted molar refractivity (Wildman–Crippen MR) is 257 cm³/mol. The van der Waals surface area contributed by atoms with E-state index in [9.17, 15) is 53.1 Å². The Bertz CT molecular complexity index is 2160. The molecule has 0 saturated carbocycles. The molecule has 1 aromatic rings. The number of aliphatic carboxylic acids is 1. The fourth-order valence-electron chi connectivity index (χ4n) is 9.79. The standard InChI is InChI=1S/C47H71N13O11/c1-27(2)38(42(66)55-31(46(70)71)18-19-36(49)61)56-41(65)34-16-9-22-58(34)44(68)30(13-6-20-52-47(50)51)54-40(64)33-15-7-21-57(33)37(62)26-53-39(63)32-14-8-23-59(32)45(69)35-17-10-24-60(35)43(67)29(48)25-28-11-4-3-5-12-28/h3-5,11-12,27,29-35,38H,6-10,13-26,48H2,1-2H3,(H2,49,61)(H,53,63)(H,54,64)(H,55,66)(H,56,65)(H,70,71)(H4,50,51,52)/t29-,30-,31-,32-,33-,34-,35-,38-/m0/s1. The van der Waals surface area contributed by atoms with E-state index >= 15 is 0 Å². The van der Waals surface area contributed by atoms with Gasteiger partial charge in [-0.15, -0.1) is 0 Å². The van der Waals surface area contributed by atoms with Crippen LogP contribution in [0.1, 0.15) is 96.5 Å². The molecule has 24 heteroatoms. The van der Waals surface area contributed by atoms with Crippen molar-refractivity contribution in [2.24, 2.45) is 33.8 Å². The molecule has 4 aliphatic heterocycles. The summed E-state index contributed by atoms with van der Waals surface area (Å²) < 4.78 is 0. The second kappa shape index (κ2) is 25.8. The van der Waals surface area contributed by atoms with Crippen LogP contribution in [-0.2, 0) is 54.4 Å². The molecule has 0 unspecified atom stereocenters. The normalized spacial score (nSPS) is 21.5. The number of carbonyl (C=O) groups is 10. The number of likely N-dealkylation sites (tertiary alicyclic amines) is 4. The number of nitrogens with one attached hydrogen (secondary N) is 4. The predicted octanol–water partition coefficient (Wildman–Crippen LogP) is -2.85. The van der Waals surface area contributed by atoms with Crippen LogP contribution in [0.25, 0.3) is 0 Å². The molecule has 24 nitrogen and oxygen atoms in total. The van der Waals surface area contributed by atoms with Crippen LogP contribution in [0.15, 0.2) is 35.3 Å². The molecule has 4 heterocycles. The number of hydrogen-bond donors (Lipinski definition) is 9. The number of carboxylic acids is 1. The van der Waals surface area contributed by atoms with Gasteiger partial charge in [0, 0.05) is 39.1 Å². The van der Waals surface area contributed by atoms with Gasteiger partial charge < -0.3 is 68.9 Å². The topological polar surface area (TPSA) is 368 Å². The molecular weight excluding hydrogens is 923 g/mol. The third-order valence-electron chi connectivity index (χ3n) is 13.5. The van der Waals surface area contributed by atoms with Gasteiger partial charge in [0.25, 0.3) is 0 Å². The number of guanidine groups is 1. The van der Waals surface area contributed by atoms with Gasteiger partial charge in [0.05, 0.1) is 12.6 Å². The number of nitrogens with two attached hydrogens (primary N) is 4. The summed E-state index contributed by atoms with van der Waals surface area (Å²) in [5, 5.41) is 20.1. The van der Waals surface area contributed by atoms with Gasteiger partial charge in [0.2, 0.25) is 53.2 Å². The SMILES string of the molecule is CC(C)[C@H](NC(=O)[C@@H]1CCCN1C(=O)[C@H](CCCN=C(N)N)NC(=O)[C@@H]1CCCN1C(=O)CNC(=O)[C@@H]1CCCN1C(=O)[C@@H]1CCCN1C(=O)[C@@H](N)Cc1ccccc1)C(=O)N[C@@H](CCC(N)=O)C(=O)O. The van der Waals surface area contributed by atoms with Crippen molar-refractivity contribution in [3.05, 3.63) is 35.9 Å². The van der Waals surface area contributed by atoms with Crippen LogP contribution in [0.5, 0.6) is 0 Å². The lowest BCUT2D eigenvalue weighted by Gasteiger charge is -2.32. The number of amides is 9. The molecule has 13 N–H and O–H groups in total. The number of carboxylic acid groups (broad SMARTS) is 1. The van der Waals surface area contributed by atoms with Crippen molar-refractivity contribution in [2.45, 2.75) is 146 Å². The number of benzene rings is 1. The minimum Gasteiger partial charge on any atom is -0.480 e. The number of rotatable bonds is 23. The number of nitrogens with zero attached hydrogens (tertiary/aromatic N) is 5. The number of hydrogen-bond acceptors (Lipinski definition) is 12. The van der Waals surface area contributed by atoms with E-state index in [0.29, 0.717) is 58.0 Å². The zero-order valence-electron chi connectivity index (χ0n) is 40.6. The van der Waals surface area contributed by atoms with E-state index in [4.69, 9.17) is 22.9 Å². The molecule has 0 radical (unpaired) electrons. The first kappa shape index (κ1) is 55.1. The monoisotopic (exact) mass is 994 g/mol. The van der Waals surface area contributed by atoms with Gasteiger partial charge in [-0.2, -0.15) is 0 Å². The summed E-state index contributed by atoms with van der Waals surface area (Å²) in [6.45, 7) is 3.94. The van der Waals surface area contributed by atoms with Gasteiger partial charge in [-0.05, 0) is 88.5 Å². The molecule has 4 saturated heterocycles. The Morgan fingerprint density at radius 1 is 0.676 bits per heavy atom. The summed E-state index contributed by atoms with van der Waals surface area (Å²) in [6, 6.07) is 0.961. The molecule has 0 aliphatic carbocycles. The molecule has 0 aromatic heterocycles. The molecule has 390 valence electrons. The zero-order valence-corrected chi connectivity index (χ0v) is 40.6. The van der Waals surface area contributed by atoms with Gasteiger partial charge in [0.15, 0.2) is 5.96 Å². The Hall–Kier alpha value is -6.85. The highest BCUT2D eigenvalue weighted by Gasteiger charge is 2.45. The fourth-order valence-corrected chi connectivity index (χ4v) is 9.79. The number of carbonyl (C=O) groups excluding carboxylic acids is 9. The Morgan fingerprint density at radius 3 is 1.82 bits per heavy atom. The van der Waals surface area contributed by atoms with Crippen molar-refractivity contribution in [3.63, 3.8) is 0 Å². The van der Waals surface area contributed by atoms with Gasteiger partial charge >= 0.3 is 5.97 Å². The first-order chi connectivity index (χ1) is 33.8. The highest BCUT2D eigenvalue weighted by Crippen LogP contribution is 2.27. The summed E-state index contributed by atoms with van der Waals surface area (Å²) in [4.78, 5) is 143. The lowest BCUT2D eigenvalue weighted by atomic mass is 10.0. The molecular formula is C47H71N13O11. The maximum atomic E-state index is 14.3. The third-order valence-corrected chi connectivity index (χ3v) is 13.5. The maximum absolute atomic E-state index is 14.3. The van der Waals surface area contributed by atoms with Crippen LogP contribution >= 0.6 is 0 Å². The Labute approximate surface area is 412 Å². The average Bonchev–Trinajstić information content (AvgIpc) is 4.19. The van der Waals surface area contributed by atoms with E-state index in [2.05, 4.69) is 26.3 Å². The first-order valence-corrected chi connectivity index (χ1v) is 24.5. The molecule has 0 bridgehead atoms. The van der Waals surface area contributed by atoms with Crippen LogP contribution in [0.4, 0.5) is 0 Å². The average molecular weight is 994 g/mol. The summed E-state index contributed by atoms with van der Waals surface area (Å²) >= 11 is 0. The zero-order chi connectivity index (χ0) is 51.9. The third kappa shape index (κ3) is 14.8. The number of primary amides is 1. The summed E-state index contributed by atoms with van der Waals surface area (Å²) in [5.74, 6) is -7.32. The van der Waals surface area contributed by atoms with E-state index in [1.165, 1.54) is 19.6 Å². The van der Waals surface area contributed by atoms with Crippen LogP contribution in [0.3, 0.4) is 0 Å². The van der Waals surface area contributed by atoms with E-state index < -0.39 is 108 Å². The van der Waals surface area contributed by atoms with Crippen LogP contribution in [0.2, 0.25) is 0 Å². The highest BCUT2D eigenvalue weighted by atomic mass is 16.4. The van der Waals surface area contributed by atoms with Crippen molar-refractivity contribution >= 4 is 65.1 Å². The first-order valence-electron chi connectivity index (χ1n) is 24.5. The highest BCUT2D eigenvalue weighted by molar-refractivity contribution is 5.98. The quantitative estimate of drug-likeness (QED) is 0.0303. The minimum absolute atomic E-state index is 0.0473. The largest absolute Gasteiger partial charge is 0.480 e. The Kier molecular flexibility index (Phi) is 20.1. The minimum atomic E-state index is -1.45. The summed E-state index contributed by atoms with van der Waals surface area (Å²) in [7, 11) is 0. The molecule has 71 heavy (non-hydrogen) atoms. The van der Waals surface area contributed by atoms with Crippen molar-refractivity contribution in [1.82, 2.24) is 40.9 Å². The van der Waals surface area contributed by atoms with E-state index in [0.717, 1.165) is 5.56 Å². The lowest BCUT2D eigenvalue weighted by Crippen LogP contribution is -2.59. The lowest BCUT2D eigenvalue weighted by molar-refractivity contribution is -0.147. The maximum Gasteiger partial charge on any atom is 0.326 e. The van der Waals surface area contributed by atoms with Crippen LogP contribution < -0.4 is 44.2 Å². The van der Waals surface area contributed by atoms with Gasteiger partial charge in [-0.1, -0.05) is 44.2 Å². The van der Waals surface area contributed by atoms with Gasteiger partial charge in [-0.3, -0.25) is 48.1 Å². The Morgan fingerprint density at radius 2 is 1.23 bits per heavy atom. The molecule has 4 fully saturated rings. The molecule has 0 spiro atoms. The van der Waals surface area contributed by atoms with Gasteiger partial charge in [0.1, 0.15) is 42.3 Å². The summed E-state index contributed by atoms with van der Waals surface area (Å²) in [5.41, 5.74) is 23.4. The smallest absolute Gasteiger partial charge is 0.326 e. The van der Waals surface area contributed by atoms with Crippen molar-refractivity contribution in [1.29, 1.82) is 0 Å². The second-order valence-electron chi connectivity index (χ2n) is 19.0. The summed E-state index contributed by atoms with van der Waals surface area (Å²) in [6.07, 6.45) is 3.33. The molecule has 9 amide bonds. The van der Waals surface area contributed by atoms with Crippen molar-refractivity contribution in [3.8, 4) is 0 Å². The van der Waals surface area contributed by atoms with Crippen molar-refractivity contribution < 1.29 is 53.1 Å². The van der Waals surface area contributed by atoms with Crippen molar-refractivity contribution in [2.75, 3.05) is 39.3 Å². The molecule has 5 rings (SSSR count). The number of aliphatic imine (C=N–C) groups is 1. The second-order valence-corrected chi connectivity index (χ2v) is 19.0. The molecule has 4 aliphatic rings. The Balaban J connectivity index is 1.20. The fraction of sp³-hybridized carbons (Fsp3) is 0.638. The van der Waals surface area contributed by atoms with Gasteiger partial charge in [-0.25, -0.2) is 4.79 Å². The van der Waals surface area contributed by atoms with E-state index in [1.54, 1.807) is 13.8 Å². The molecule has 1 aromatic carbocycles. The molecule has 8 atom stereocenters. The van der Waals surface area contributed by atoms with Crippen LogP contribution in [-0.4, -0.2) is 177 Å². The van der Waals surface area contributed by atoms with Crippen LogP contribution in [0, 0.1) is 5.92 Å².